The van der Waals surface area contributed by atoms with E-state index in [-0.39, 0.29) is 11.5 Å². The molecule has 0 aliphatic heterocycles. The zero-order chi connectivity index (χ0) is 13.8. The molecule has 0 aromatic carbocycles. The fourth-order valence-corrected chi connectivity index (χ4v) is 2.66. The first kappa shape index (κ1) is 13.8. The van der Waals surface area contributed by atoms with Crippen molar-refractivity contribution in [2.75, 3.05) is 14.1 Å². The van der Waals surface area contributed by atoms with E-state index in [1.165, 1.54) is 12.3 Å². The number of amides is 1. The van der Waals surface area contributed by atoms with Crippen molar-refractivity contribution in [3.8, 4) is 0 Å². The molecule has 1 aliphatic rings. The van der Waals surface area contributed by atoms with Gasteiger partial charge in [0, 0.05) is 31.4 Å². The summed E-state index contributed by atoms with van der Waals surface area (Å²) < 4.78 is 0. The minimum absolute atomic E-state index is 0.0239. The minimum Gasteiger partial charge on any atom is -0.339 e. The van der Waals surface area contributed by atoms with Crippen LogP contribution in [0, 0.1) is 0 Å². The van der Waals surface area contributed by atoms with Crippen molar-refractivity contribution < 1.29 is 4.79 Å². The van der Waals surface area contributed by atoms with E-state index < -0.39 is 0 Å². The first-order chi connectivity index (χ1) is 9.11. The van der Waals surface area contributed by atoms with Gasteiger partial charge >= 0.3 is 0 Å². The van der Waals surface area contributed by atoms with E-state index in [2.05, 4.69) is 10.3 Å². The number of nitrogens with zero attached hydrogens (tertiary/aromatic N) is 1. The van der Waals surface area contributed by atoms with Gasteiger partial charge in [-0.15, -0.1) is 0 Å². The average molecular weight is 263 g/mol. The Bertz CT molecular complexity index is 469. The second-order valence-electron chi connectivity index (χ2n) is 5.15. The highest BCUT2D eigenvalue weighted by Gasteiger charge is 2.26. The maximum atomic E-state index is 12.3. The van der Waals surface area contributed by atoms with Crippen molar-refractivity contribution in [2.24, 2.45) is 0 Å². The summed E-state index contributed by atoms with van der Waals surface area (Å²) in [4.78, 5) is 27.6. The van der Waals surface area contributed by atoms with E-state index in [4.69, 9.17) is 0 Å². The molecular formula is C14H21N3O2. The van der Waals surface area contributed by atoms with Crippen LogP contribution < -0.4 is 10.9 Å². The van der Waals surface area contributed by atoms with E-state index in [0.29, 0.717) is 17.6 Å². The van der Waals surface area contributed by atoms with E-state index in [1.54, 1.807) is 11.0 Å². The van der Waals surface area contributed by atoms with Crippen LogP contribution >= 0.6 is 0 Å². The standard InChI is InChI=1S/C14H21N3O2/c1-15-11-4-6-12(7-5-11)17(2)14(19)10-3-8-13(18)16-9-10/h3,8-9,11-12,15H,4-7H2,1-2H3,(H,16,18). The number of nitrogens with one attached hydrogen (secondary N) is 2. The summed E-state index contributed by atoms with van der Waals surface area (Å²) in [6.45, 7) is 0. The van der Waals surface area contributed by atoms with Gasteiger partial charge in [0.2, 0.25) is 5.56 Å². The van der Waals surface area contributed by atoms with Crippen LogP contribution in [0.3, 0.4) is 0 Å². The molecule has 5 heteroatoms. The first-order valence-corrected chi connectivity index (χ1v) is 6.75. The fourth-order valence-electron chi connectivity index (χ4n) is 2.66. The molecule has 1 amide bonds. The molecule has 1 aliphatic carbocycles. The smallest absolute Gasteiger partial charge is 0.255 e. The summed E-state index contributed by atoms with van der Waals surface area (Å²) in [6, 6.07) is 3.84. The van der Waals surface area contributed by atoms with Crippen LogP contribution in [0.2, 0.25) is 0 Å². The third kappa shape index (κ3) is 3.23. The molecular weight excluding hydrogens is 242 g/mol. The number of carbonyl (C=O) groups excluding carboxylic acids is 1. The summed E-state index contributed by atoms with van der Waals surface area (Å²) >= 11 is 0. The molecule has 0 radical (unpaired) electrons. The van der Waals surface area contributed by atoms with E-state index in [9.17, 15) is 9.59 Å². The van der Waals surface area contributed by atoms with Crippen LogP contribution in [0.25, 0.3) is 0 Å². The lowest BCUT2D eigenvalue weighted by Crippen LogP contribution is -2.42. The molecule has 1 saturated carbocycles. The number of aromatic nitrogens is 1. The molecule has 5 nitrogen and oxygen atoms in total. The molecule has 2 N–H and O–H groups in total. The number of hydrogen-bond donors (Lipinski definition) is 2. The molecule has 2 rings (SSSR count). The molecule has 0 spiro atoms. The minimum atomic E-state index is -0.186. The van der Waals surface area contributed by atoms with Crippen molar-refractivity contribution in [3.05, 3.63) is 34.2 Å². The average Bonchev–Trinajstić information content (AvgIpc) is 2.46. The monoisotopic (exact) mass is 263 g/mol. The first-order valence-electron chi connectivity index (χ1n) is 6.75. The summed E-state index contributed by atoms with van der Waals surface area (Å²) in [5.74, 6) is -0.0239. The molecule has 1 aromatic heterocycles. The Hall–Kier alpha value is -1.62. The van der Waals surface area contributed by atoms with Gasteiger partial charge in [-0.2, -0.15) is 0 Å². The summed E-state index contributed by atoms with van der Waals surface area (Å²) in [5, 5.41) is 3.29. The second-order valence-corrected chi connectivity index (χ2v) is 5.15. The highest BCUT2D eigenvalue weighted by Crippen LogP contribution is 2.23. The molecule has 0 saturated heterocycles. The van der Waals surface area contributed by atoms with Crippen LogP contribution in [0.15, 0.2) is 23.1 Å². The molecule has 19 heavy (non-hydrogen) atoms. The number of pyridine rings is 1. The van der Waals surface area contributed by atoms with Crippen LogP contribution in [0.4, 0.5) is 0 Å². The van der Waals surface area contributed by atoms with Gasteiger partial charge in [-0.25, -0.2) is 0 Å². The molecule has 1 heterocycles. The topological polar surface area (TPSA) is 65.2 Å². The van der Waals surface area contributed by atoms with Crippen molar-refractivity contribution in [3.63, 3.8) is 0 Å². The zero-order valence-electron chi connectivity index (χ0n) is 11.5. The predicted molar refractivity (Wildman–Crippen MR) is 74.3 cm³/mol. The van der Waals surface area contributed by atoms with Crippen molar-refractivity contribution in [1.82, 2.24) is 15.2 Å². The molecule has 0 atom stereocenters. The van der Waals surface area contributed by atoms with Gasteiger partial charge in [0.1, 0.15) is 0 Å². The highest BCUT2D eigenvalue weighted by molar-refractivity contribution is 5.93. The van der Waals surface area contributed by atoms with E-state index in [1.807, 2.05) is 14.1 Å². The molecule has 1 aromatic rings. The van der Waals surface area contributed by atoms with Crippen LogP contribution in [-0.2, 0) is 0 Å². The number of rotatable bonds is 3. The maximum Gasteiger partial charge on any atom is 0.255 e. The quantitative estimate of drug-likeness (QED) is 0.854. The van der Waals surface area contributed by atoms with Gasteiger partial charge < -0.3 is 15.2 Å². The fraction of sp³-hybridized carbons (Fsp3) is 0.571. The van der Waals surface area contributed by atoms with Gasteiger partial charge in [0.05, 0.1) is 5.56 Å². The lowest BCUT2D eigenvalue weighted by Gasteiger charge is -2.34. The lowest BCUT2D eigenvalue weighted by molar-refractivity contribution is 0.0685. The van der Waals surface area contributed by atoms with Crippen molar-refractivity contribution >= 4 is 5.91 Å². The van der Waals surface area contributed by atoms with Gasteiger partial charge in [0.25, 0.3) is 5.91 Å². The second kappa shape index (κ2) is 6.02. The number of carbonyl (C=O) groups is 1. The third-order valence-electron chi connectivity index (χ3n) is 4.00. The number of hydrogen-bond acceptors (Lipinski definition) is 3. The third-order valence-corrected chi connectivity index (χ3v) is 4.00. The molecule has 1 fully saturated rings. The molecule has 0 bridgehead atoms. The Kier molecular flexibility index (Phi) is 4.37. The maximum absolute atomic E-state index is 12.3. The van der Waals surface area contributed by atoms with Crippen molar-refractivity contribution in [2.45, 2.75) is 37.8 Å². The van der Waals surface area contributed by atoms with Gasteiger partial charge in [-0.05, 0) is 38.8 Å². The Morgan fingerprint density at radius 3 is 2.53 bits per heavy atom. The Morgan fingerprint density at radius 2 is 2.00 bits per heavy atom. The number of aromatic amines is 1. The highest BCUT2D eigenvalue weighted by atomic mass is 16.2. The van der Waals surface area contributed by atoms with E-state index in [0.717, 1.165) is 25.7 Å². The van der Waals surface area contributed by atoms with Gasteiger partial charge in [-0.1, -0.05) is 0 Å². The Balaban J connectivity index is 1.99. The summed E-state index contributed by atoms with van der Waals surface area (Å²) in [5.41, 5.74) is 0.353. The van der Waals surface area contributed by atoms with Gasteiger partial charge in [0.15, 0.2) is 0 Å². The number of H-pyrrole nitrogens is 1. The molecule has 0 unspecified atom stereocenters. The van der Waals surface area contributed by atoms with E-state index >= 15 is 0 Å². The van der Waals surface area contributed by atoms with Crippen LogP contribution in [-0.4, -0.2) is 42.0 Å². The zero-order valence-corrected chi connectivity index (χ0v) is 11.5. The largest absolute Gasteiger partial charge is 0.339 e. The van der Waals surface area contributed by atoms with Crippen molar-refractivity contribution in [1.29, 1.82) is 0 Å². The Labute approximate surface area is 113 Å². The summed E-state index contributed by atoms with van der Waals surface area (Å²) in [6.07, 6.45) is 5.74. The Morgan fingerprint density at radius 1 is 1.32 bits per heavy atom. The van der Waals surface area contributed by atoms with Gasteiger partial charge in [-0.3, -0.25) is 9.59 Å². The lowest BCUT2D eigenvalue weighted by atomic mass is 9.90. The normalized spacial score (nSPS) is 23.1. The summed E-state index contributed by atoms with van der Waals surface area (Å²) in [7, 11) is 3.83. The molecule has 104 valence electrons. The van der Waals surface area contributed by atoms with Crippen LogP contribution in [0.5, 0.6) is 0 Å². The predicted octanol–water partition coefficient (Wildman–Crippen LogP) is 0.977. The SMILES string of the molecule is CNC1CCC(N(C)C(=O)c2ccc(=O)[nH]c2)CC1. The van der Waals surface area contributed by atoms with Crippen LogP contribution in [0.1, 0.15) is 36.0 Å².